The molecule has 9 nitrogen and oxygen atoms in total. The van der Waals surface area contributed by atoms with E-state index >= 15 is 0 Å². The number of anilines is 1. The first-order valence-electron chi connectivity index (χ1n) is 7.86. The molecule has 0 aliphatic rings. The molecular formula is C17H19N3O6S. The van der Waals surface area contributed by atoms with E-state index in [1.165, 1.54) is 63.5 Å². The van der Waals surface area contributed by atoms with Gasteiger partial charge in [-0.3, -0.25) is 14.9 Å². The van der Waals surface area contributed by atoms with Crippen LogP contribution in [0.4, 0.5) is 11.4 Å². The lowest BCUT2D eigenvalue weighted by Crippen LogP contribution is -2.30. The zero-order valence-corrected chi connectivity index (χ0v) is 15.8. The van der Waals surface area contributed by atoms with Crippen molar-refractivity contribution in [1.82, 2.24) is 4.31 Å². The van der Waals surface area contributed by atoms with Gasteiger partial charge < -0.3 is 10.1 Å². The fraction of sp³-hybridized carbons (Fsp3) is 0.235. The molecule has 10 heteroatoms. The zero-order chi connectivity index (χ0) is 20.2. The monoisotopic (exact) mass is 393 g/mol. The van der Waals surface area contributed by atoms with E-state index in [1.807, 2.05) is 0 Å². The fourth-order valence-corrected chi connectivity index (χ4v) is 3.04. The van der Waals surface area contributed by atoms with E-state index in [2.05, 4.69) is 5.32 Å². The van der Waals surface area contributed by atoms with Gasteiger partial charge in [-0.25, -0.2) is 12.7 Å². The first-order chi connectivity index (χ1) is 12.6. The highest BCUT2D eigenvalue weighted by Crippen LogP contribution is 2.20. The van der Waals surface area contributed by atoms with Gasteiger partial charge in [-0.1, -0.05) is 6.07 Å². The number of nitrogens with one attached hydrogen (secondary N) is 1. The minimum atomic E-state index is -3.62. The summed E-state index contributed by atoms with van der Waals surface area (Å²) in [6.07, 6.45) is -0.902. The minimum absolute atomic E-state index is 0.0502. The van der Waals surface area contributed by atoms with Gasteiger partial charge in [-0.2, -0.15) is 0 Å². The average molecular weight is 393 g/mol. The molecule has 0 bridgehead atoms. The lowest BCUT2D eigenvalue weighted by atomic mass is 10.3. The summed E-state index contributed by atoms with van der Waals surface area (Å²) >= 11 is 0. The molecule has 1 N–H and O–H groups in total. The summed E-state index contributed by atoms with van der Waals surface area (Å²) in [5.74, 6) is -0.194. The lowest BCUT2D eigenvalue weighted by molar-refractivity contribution is -0.384. The molecular weight excluding hydrogens is 374 g/mol. The van der Waals surface area contributed by atoms with Gasteiger partial charge in [0, 0.05) is 31.9 Å². The highest BCUT2D eigenvalue weighted by atomic mass is 32.2. The molecule has 2 aromatic carbocycles. The van der Waals surface area contributed by atoms with Crippen LogP contribution in [0.25, 0.3) is 0 Å². The molecule has 2 rings (SSSR count). The van der Waals surface area contributed by atoms with Crippen LogP contribution >= 0.6 is 0 Å². The van der Waals surface area contributed by atoms with Crippen LogP contribution in [0, 0.1) is 10.1 Å². The summed E-state index contributed by atoms with van der Waals surface area (Å²) < 4.78 is 30.9. The van der Waals surface area contributed by atoms with Crippen LogP contribution in [0.3, 0.4) is 0 Å². The number of hydrogen-bond donors (Lipinski definition) is 1. The van der Waals surface area contributed by atoms with Crippen LogP contribution in [0.5, 0.6) is 5.75 Å². The van der Waals surface area contributed by atoms with Gasteiger partial charge in [0.1, 0.15) is 5.75 Å². The summed E-state index contributed by atoms with van der Waals surface area (Å²) in [4.78, 5) is 22.4. The summed E-state index contributed by atoms with van der Waals surface area (Å²) in [5.41, 5.74) is 0.223. The van der Waals surface area contributed by atoms with Gasteiger partial charge in [0.25, 0.3) is 11.6 Å². The minimum Gasteiger partial charge on any atom is -0.481 e. The quantitative estimate of drug-likeness (QED) is 0.569. The Kier molecular flexibility index (Phi) is 6.13. The molecule has 0 aromatic heterocycles. The summed E-state index contributed by atoms with van der Waals surface area (Å²) in [7, 11) is -0.785. The van der Waals surface area contributed by atoms with Crippen molar-refractivity contribution in [1.29, 1.82) is 0 Å². The van der Waals surface area contributed by atoms with Gasteiger partial charge >= 0.3 is 0 Å². The third-order valence-electron chi connectivity index (χ3n) is 3.61. The Bertz CT molecular complexity index is 941. The van der Waals surface area contributed by atoms with E-state index in [4.69, 9.17) is 4.74 Å². The van der Waals surface area contributed by atoms with Crippen molar-refractivity contribution in [3.8, 4) is 5.75 Å². The van der Waals surface area contributed by atoms with Crippen LogP contribution < -0.4 is 10.1 Å². The van der Waals surface area contributed by atoms with Crippen molar-refractivity contribution in [3.05, 3.63) is 58.6 Å². The Morgan fingerprint density at radius 3 is 2.37 bits per heavy atom. The maximum Gasteiger partial charge on any atom is 0.269 e. The van der Waals surface area contributed by atoms with Gasteiger partial charge in [0.2, 0.25) is 10.0 Å². The number of non-ortho nitro benzene ring substituents is 1. The number of benzene rings is 2. The summed E-state index contributed by atoms with van der Waals surface area (Å²) in [5, 5.41) is 13.2. The molecule has 2 aromatic rings. The van der Waals surface area contributed by atoms with Crippen molar-refractivity contribution in [2.75, 3.05) is 19.4 Å². The molecule has 0 fully saturated rings. The molecule has 144 valence electrons. The molecule has 0 spiro atoms. The number of sulfonamides is 1. The predicted octanol–water partition coefficient (Wildman–Crippen LogP) is 2.25. The van der Waals surface area contributed by atoms with E-state index in [9.17, 15) is 23.3 Å². The molecule has 1 atom stereocenters. The number of nitro groups is 1. The van der Waals surface area contributed by atoms with Crippen molar-refractivity contribution in [3.63, 3.8) is 0 Å². The van der Waals surface area contributed by atoms with E-state index in [1.54, 1.807) is 6.07 Å². The van der Waals surface area contributed by atoms with Gasteiger partial charge in [0.05, 0.1) is 9.82 Å². The van der Waals surface area contributed by atoms with Gasteiger partial charge in [0.15, 0.2) is 6.10 Å². The van der Waals surface area contributed by atoms with E-state index in [-0.39, 0.29) is 10.6 Å². The normalized spacial score (nSPS) is 12.4. The second-order valence-electron chi connectivity index (χ2n) is 5.82. The van der Waals surface area contributed by atoms with Crippen LogP contribution in [-0.2, 0) is 14.8 Å². The first-order valence-corrected chi connectivity index (χ1v) is 9.30. The Morgan fingerprint density at radius 2 is 1.81 bits per heavy atom. The molecule has 0 saturated heterocycles. The van der Waals surface area contributed by atoms with Crippen LogP contribution in [0.15, 0.2) is 53.4 Å². The maximum absolute atomic E-state index is 12.3. The molecule has 1 amide bonds. The van der Waals surface area contributed by atoms with Gasteiger partial charge in [-0.15, -0.1) is 0 Å². The second kappa shape index (κ2) is 8.14. The number of rotatable bonds is 7. The van der Waals surface area contributed by atoms with E-state index in [0.29, 0.717) is 11.4 Å². The van der Waals surface area contributed by atoms with E-state index < -0.39 is 27.0 Å². The van der Waals surface area contributed by atoms with Crippen molar-refractivity contribution in [2.24, 2.45) is 0 Å². The highest BCUT2D eigenvalue weighted by molar-refractivity contribution is 7.89. The lowest BCUT2D eigenvalue weighted by Gasteiger charge is -2.16. The topological polar surface area (TPSA) is 119 Å². The average Bonchev–Trinajstić information content (AvgIpc) is 2.62. The predicted molar refractivity (Wildman–Crippen MR) is 99.1 cm³/mol. The number of carbonyl (C=O) groups is 1. The van der Waals surface area contributed by atoms with Crippen molar-refractivity contribution in [2.45, 2.75) is 17.9 Å². The van der Waals surface area contributed by atoms with Crippen molar-refractivity contribution < 1.29 is 22.9 Å². The third kappa shape index (κ3) is 5.02. The SMILES string of the molecule is C[C@@H](Oc1ccc([N+](=O)[O-])cc1)C(=O)Nc1cccc(S(=O)(=O)N(C)C)c1. The first kappa shape index (κ1) is 20.3. The van der Waals surface area contributed by atoms with E-state index in [0.717, 1.165) is 4.31 Å². The summed E-state index contributed by atoms with van der Waals surface area (Å²) in [6.45, 7) is 1.51. The maximum atomic E-state index is 12.3. The van der Waals surface area contributed by atoms with Gasteiger partial charge in [-0.05, 0) is 37.3 Å². The number of nitro benzene ring substituents is 1. The number of nitrogens with zero attached hydrogens (tertiary/aromatic N) is 2. The molecule has 0 heterocycles. The number of ether oxygens (including phenoxy) is 1. The Balaban J connectivity index is 2.07. The molecule has 0 aliphatic heterocycles. The fourth-order valence-electron chi connectivity index (χ4n) is 2.09. The molecule has 27 heavy (non-hydrogen) atoms. The second-order valence-corrected chi connectivity index (χ2v) is 7.97. The number of amides is 1. The van der Waals surface area contributed by atoms with Crippen LogP contribution in [0.2, 0.25) is 0 Å². The molecule has 0 aliphatic carbocycles. The molecule has 0 saturated carbocycles. The molecule has 0 radical (unpaired) electrons. The van der Waals surface area contributed by atoms with Crippen molar-refractivity contribution >= 4 is 27.3 Å². The number of hydrogen-bond acceptors (Lipinski definition) is 6. The standard InChI is InChI=1S/C17H19N3O6S/c1-12(26-15-9-7-14(8-10-15)20(22)23)17(21)18-13-5-4-6-16(11-13)27(24,25)19(2)3/h4-12H,1-3H3,(H,18,21)/t12-/m1/s1. The third-order valence-corrected chi connectivity index (χ3v) is 5.42. The Hall–Kier alpha value is -2.98. The Labute approximate surface area is 156 Å². The van der Waals surface area contributed by atoms with Crippen LogP contribution in [-0.4, -0.2) is 43.8 Å². The Morgan fingerprint density at radius 1 is 1.19 bits per heavy atom. The van der Waals surface area contributed by atoms with Crippen LogP contribution in [0.1, 0.15) is 6.92 Å². The molecule has 0 unspecified atom stereocenters. The highest BCUT2D eigenvalue weighted by Gasteiger charge is 2.19. The smallest absolute Gasteiger partial charge is 0.269 e. The largest absolute Gasteiger partial charge is 0.481 e. The number of carbonyl (C=O) groups excluding carboxylic acids is 1. The zero-order valence-electron chi connectivity index (χ0n) is 14.9. The summed E-state index contributed by atoms with van der Waals surface area (Å²) in [6, 6.07) is 11.2.